The summed E-state index contributed by atoms with van der Waals surface area (Å²) in [6.07, 6.45) is 0. The summed E-state index contributed by atoms with van der Waals surface area (Å²) in [6, 6.07) is 6.91. The molecule has 5 nitrogen and oxygen atoms in total. The highest BCUT2D eigenvalue weighted by atomic mass is 16.6. The van der Waals surface area contributed by atoms with Crippen molar-refractivity contribution in [2.75, 3.05) is 19.0 Å². The SMILES string of the molecule is COC(=O)COc1cccc(NC(=O)C(C)C(C)C)c1. The highest BCUT2D eigenvalue weighted by molar-refractivity contribution is 5.92. The minimum Gasteiger partial charge on any atom is -0.482 e. The minimum atomic E-state index is -0.451. The third-order valence-corrected chi connectivity index (χ3v) is 3.10. The molecule has 0 bridgehead atoms. The molecular weight excluding hydrogens is 258 g/mol. The molecule has 5 heteroatoms. The summed E-state index contributed by atoms with van der Waals surface area (Å²) >= 11 is 0. The number of hydrogen-bond donors (Lipinski definition) is 1. The van der Waals surface area contributed by atoms with Gasteiger partial charge in [-0.25, -0.2) is 4.79 Å². The minimum absolute atomic E-state index is 0.0369. The Kier molecular flexibility index (Phi) is 6.03. The third-order valence-electron chi connectivity index (χ3n) is 3.10. The number of carbonyl (C=O) groups is 2. The summed E-state index contributed by atoms with van der Waals surface area (Å²) in [5, 5.41) is 2.83. The number of nitrogens with one attached hydrogen (secondary N) is 1. The number of carbonyl (C=O) groups excluding carboxylic acids is 2. The van der Waals surface area contributed by atoms with E-state index in [0.29, 0.717) is 11.4 Å². The molecule has 20 heavy (non-hydrogen) atoms. The zero-order valence-corrected chi connectivity index (χ0v) is 12.3. The van der Waals surface area contributed by atoms with E-state index in [2.05, 4.69) is 10.1 Å². The molecule has 0 saturated heterocycles. The highest BCUT2D eigenvalue weighted by Crippen LogP contribution is 2.19. The number of hydrogen-bond acceptors (Lipinski definition) is 4. The van der Waals surface area contributed by atoms with E-state index in [1.54, 1.807) is 24.3 Å². The second-order valence-corrected chi connectivity index (χ2v) is 4.91. The number of ether oxygens (including phenoxy) is 2. The van der Waals surface area contributed by atoms with E-state index in [9.17, 15) is 9.59 Å². The standard InChI is InChI=1S/C15H21NO4/c1-10(2)11(3)15(18)16-12-6-5-7-13(8-12)20-9-14(17)19-4/h5-8,10-11H,9H2,1-4H3,(H,16,18). The lowest BCUT2D eigenvalue weighted by Gasteiger charge is -2.15. The van der Waals surface area contributed by atoms with E-state index < -0.39 is 5.97 Å². The molecule has 110 valence electrons. The van der Waals surface area contributed by atoms with Crippen molar-refractivity contribution in [3.8, 4) is 5.75 Å². The molecule has 0 aliphatic carbocycles. The van der Waals surface area contributed by atoms with Crippen molar-refractivity contribution >= 4 is 17.6 Å². The lowest BCUT2D eigenvalue weighted by Crippen LogP contribution is -2.24. The van der Waals surface area contributed by atoms with E-state index in [4.69, 9.17) is 4.74 Å². The maximum absolute atomic E-state index is 12.0. The molecule has 0 radical (unpaired) electrons. The van der Waals surface area contributed by atoms with Gasteiger partial charge < -0.3 is 14.8 Å². The Bertz CT molecular complexity index is 471. The average Bonchev–Trinajstić information content (AvgIpc) is 2.44. The summed E-state index contributed by atoms with van der Waals surface area (Å²) in [7, 11) is 1.30. The Morgan fingerprint density at radius 1 is 1.25 bits per heavy atom. The van der Waals surface area contributed by atoms with Crippen LogP contribution in [0.3, 0.4) is 0 Å². The Hall–Kier alpha value is -2.04. The molecule has 1 aromatic rings. The van der Waals surface area contributed by atoms with Crippen molar-refractivity contribution in [2.45, 2.75) is 20.8 Å². The smallest absolute Gasteiger partial charge is 0.343 e. The van der Waals surface area contributed by atoms with E-state index in [0.717, 1.165) is 0 Å². The summed E-state index contributed by atoms with van der Waals surface area (Å²) in [4.78, 5) is 22.9. The molecule has 1 atom stereocenters. The largest absolute Gasteiger partial charge is 0.482 e. The summed E-state index contributed by atoms with van der Waals surface area (Å²) < 4.78 is 9.75. The quantitative estimate of drug-likeness (QED) is 0.812. The summed E-state index contributed by atoms with van der Waals surface area (Å²) in [5.74, 6) is 0.215. The van der Waals surface area contributed by atoms with Gasteiger partial charge in [0, 0.05) is 17.7 Å². The molecule has 0 aromatic heterocycles. The topological polar surface area (TPSA) is 64.6 Å². The van der Waals surface area contributed by atoms with Crippen LogP contribution in [0.15, 0.2) is 24.3 Å². The van der Waals surface area contributed by atoms with Crippen LogP contribution in [0.25, 0.3) is 0 Å². The van der Waals surface area contributed by atoms with Gasteiger partial charge in [-0.15, -0.1) is 0 Å². The fourth-order valence-corrected chi connectivity index (χ4v) is 1.42. The normalized spacial score (nSPS) is 11.8. The first-order chi connectivity index (χ1) is 9.43. The van der Waals surface area contributed by atoms with Crippen LogP contribution in [0.2, 0.25) is 0 Å². The Morgan fingerprint density at radius 2 is 1.95 bits per heavy atom. The number of benzene rings is 1. The van der Waals surface area contributed by atoms with Crippen molar-refractivity contribution in [1.29, 1.82) is 0 Å². The fourth-order valence-electron chi connectivity index (χ4n) is 1.42. The van der Waals surface area contributed by atoms with Gasteiger partial charge in [0.1, 0.15) is 5.75 Å². The molecule has 1 aromatic carbocycles. The monoisotopic (exact) mass is 279 g/mol. The van der Waals surface area contributed by atoms with Crippen LogP contribution < -0.4 is 10.1 Å². The maximum atomic E-state index is 12.0. The van der Waals surface area contributed by atoms with Gasteiger partial charge in [0.15, 0.2) is 6.61 Å². The molecular formula is C15H21NO4. The number of methoxy groups -OCH3 is 1. The third kappa shape index (κ3) is 4.91. The second-order valence-electron chi connectivity index (χ2n) is 4.91. The van der Waals surface area contributed by atoms with Gasteiger partial charge in [0.25, 0.3) is 0 Å². The molecule has 0 aliphatic heterocycles. The zero-order valence-electron chi connectivity index (χ0n) is 12.3. The van der Waals surface area contributed by atoms with Gasteiger partial charge in [-0.3, -0.25) is 4.79 Å². The van der Waals surface area contributed by atoms with Gasteiger partial charge in [0.05, 0.1) is 7.11 Å². The van der Waals surface area contributed by atoms with Crippen molar-refractivity contribution in [3.63, 3.8) is 0 Å². The van der Waals surface area contributed by atoms with E-state index in [1.807, 2.05) is 20.8 Å². The van der Waals surface area contributed by atoms with Crippen LogP contribution in [-0.2, 0) is 14.3 Å². The summed E-state index contributed by atoms with van der Waals surface area (Å²) in [5.41, 5.74) is 0.643. The zero-order chi connectivity index (χ0) is 15.1. The first kappa shape index (κ1) is 16.0. The van der Waals surface area contributed by atoms with Crippen LogP contribution in [0.1, 0.15) is 20.8 Å². The molecule has 0 heterocycles. The molecule has 1 amide bonds. The van der Waals surface area contributed by atoms with Gasteiger partial charge in [-0.1, -0.05) is 26.8 Å². The van der Waals surface area contributed by atoms with Crippen LogP contribution in [0.4, 0.5) is 5.69 Å². The van der Waals surface area contributed by atoms with Crippen LogP contribution in [0.5, 0.6) is 5.75 Å². The van der Waals surface area contributed by atoms with Gasteiger partial charge in [-0.05, 0) is 18.1 Å². The summed E-state index contributed by atoms with van der Waals surface area (Å²) in [6.45, 7) is 5.73. The molecule has 0 aliphatic rings. The van der Waals surface area contributed by atoms with Crippen LogP contribution in [0, 0.1) is 11.8 Å². The number of anilines is 1. The molecule has 0 spiro atoms. The van der Waals surface area contributed by atoms with Crippen molar-refractivity contribution < 1.29 is 19.1 Å². The van der Waals surface area contributed by atoms with E-state index in [-0.39, 0.29) is 24.3 Å². The van der Waals surface area contributed by atoms with E-state index >= 15 is 0 Å². The van der Waals surface area contributed by atoms with Gasteiger partial charge >= 0.3 is 5.97 Å². The molecule has 1 unspecified atom stereocenters. The number of amides is 1. The second kappa shape index (κ2) is 7.53. The van der Waals surface area contributed by atoms with E-state index in [1.165, 1.54) is 7.11 Å². The van der Waals surface area contributed by atoms with Crippen molar-refractivity contribution in [2.24, 2.45) is 11.8 Å². The average molecular weight is 279 g/mol. The Morgan fingerprint density at radius 3 is 2.55 bits per heavy atom. The Labute approximate surface area is 119 Å². The first-order valence-electron chi connectivity index (χ1n) is 6.54. The molecule has 1 N–H and O–H groups in total. The van der Waals surface area contributed by atoms with Gasteiger partial charge in [-0.2, -0.15) is 0 Å². The number of rotatable bonds is 6. The lowest BCUT2D eigenvalue weighted by atomic mass is 9.97. The fraction of sp³-hybridized carbons (Fsp3) is 0.467. The van der Waals surface area contributed by atoms with Crippen molar-refractivity contribution in [1.82, 2.24) is 0 Å². The molecule has 0 fully saturated rings. The first-order valence-corrected chi connectivity index (χ1v) is 6.54. The van der Waals surface area contributed by atoms with Crippen LogP contribution in [-0.4, -0.2) is 25.6 Å². The maximum Gasteiger partial charge on any atom is 0.343 e. The van der Waals surface area contributed by atoms with Gasteiger partial charge in [0.2, 0.25) is 5.91 Å². The predicted molar refractivity (Wildman–Crippen MR) is 76.6 cm³/mol. The number of esters is 1. The molecule has 0 saturated carbocycles. The predicted octanol–water partition coefficient (Wildman–Crippen LogP) is 2.47. The highest BCUT2D eigenvalue weighted by Gasteiger charge is 2.16. The molecule has 1 rings (SSSR count). The Balaban J connectivity index is 2.64. The van der Waals surface area contributed by atoms with Crippen LogP contribution >= 0.6 is 0 Å². The van der Waals surface area contributed by atoms with Crippen molar-refractivity contribution in [3.05, 3.63) is 24.3 Å². The lowest BCUT2D eigenvalue weighted by molar-refractivity contribution is -0.142.